The number of halogens is 1. The van der Waals surface area contributed by atoms with E-state index < -0.39 is 0 Å². The lowest BCUT2D eigenvalue weighted by Crippen LogP contribution is -2.14. The van der Waals surface area contributed by atoms with Crippen LogP contribution in [0.25, 0.3) is 0 Å². The Morgan fingerprint density at radius 1 is 1.36 bits per heavy atom. The Labute approximate surface area is 93.8 Å². The summed E-state index contributed by atoms with van der Waals surface area (Å²) in [5.41, 5.74) is 0. The van der Waals surface area contributed by atoms with Crippen LogP contribution in [0.3, 0.4) is 0 Å². The van der Waals surface area contributed by atoms with Crippen LogP contribution in [0.1, 0.15) is 27.2 Å². The summed E-state index contributed by atoms with van der Waals surface area (Å²) in [4.78, 5) is 4.04. The Morgan fingerprint density at radius 3 is 2.64 bits per heavy atom. The van der Waals surface area contributed by atoms with Crippen molar-refractivity contribution in [3.63, 3.8) is 0 Å². The molecule has 0 bridgehead atoms. The molecular weight excluding hydrogens is 242 g/mol. The summed E-state index contributed by atoms with van der Waals surface area (Å²) in [7, 11) is 0. The minimum Gasteiger partial charge on any atom is -0.489 e. The zero-order valence-corrected chi connectivity index (χ0v) is 10.4. The van der Waals surface area contributed by atoms with Crippen LogP contribution in [0.4, 0.5) is 0 Å². The molecule has 78 valence electrons. The number of aromatic nitrogens is 1. The molecule has 0 fully saturated rings. The Bertz CT molecular complexity index is 288. The van der Waals surface area contributed by atoms with E-state index in [1.54, 1.807) is 12.4 Å². The summed E-state index contributed by atoms with van der Waals surface area (Å²) in [5, 5.41) is 0. The van der Waals surface area contributed by atoms with E-state index in [9.17, 15) is 0 Å². The fourth-order valence-electron chi connectivity index (χ4n) is 1.40. The minimum absolute atomic E-state index is 0.242. The molecule has 0 radical (unpaired) electrons. The fourth-order valence-corrected chi connectivity index (χ4v) is 1.74. The van der Waals surface area contributed by atoms with Gasteiger partial charge in [-0.1, -0.05) is 13.8 Å². The van der Waals surface area contributed by atoms with Gasteiger partial charge in [0, 0.05) is 10.7 Å². The first-order valence-corrected chi connectivity index (χ1v) is 5.64. The molecule has 3 heteroatoms. The van der Waals surface area contributed by atoms with Crippen molar-refractivity contribution < 1.29 is 4.74 Å². The Balaban J connectivity index is 2.51. The standard InChI is InChI=1S/C11H16BrNO/c1-8(2)4-9(3)14-11-5-10(12)6-13-7-11/h5-9H,4H2,1-3H3. The van der Waals surface area contributed by atoms with Crippen LogP contribution >= 0.6 is 15.9 Å². The predicted octanol–water partition coefficient (Wildman–Crippen LogP) is 3.66. The summed E-state index contributed by atoms with van der Waals surface area (Å²) in [5.74, 6) is 1.48. The van der Waals surface area contributed by atoms with Crippen molar-refractivity contribution in [2.45, 2.75) is 33.3 Å². The highest BCUT2D eigenvalue weighted by Gasteiger charge is 2.06. The second-order valence-corrected chi connectivity index (χ2v) is 4.81. The molecule has 0 saturated heterocycles. The number of rotatable bonds is 4. The SMILES string of the molecule is CC(C)CC(C)Oc1cncc(Br)c1. The zero-order chi connectivity index (χ0) is 10.6. The number of nitrogens with zero attached hydrogens (tertiary/aromatic N) is 1. The predicted molar refractivity (Wildman–Crippen MR) is 61.5 cm³/mol. The molecule has 1 atom stereocenters. The van der Waals surface area contributed by atoms with E-state index in [0.29, 0.717) is 5.92 Å². The highest BCUT2D eigenvalue weighted by atomic mass is 79.9. The highest BCUT2D eigenvalue weighted by Crippen LogP contribution is 2.18. The third-order valence-electron chi connectivity index (χ3n) is 1.82. The van der Waals surface area contributed by atoms with Gasteiger partial charge < -0.3 is 4.74 Å². The molecule has 1 aromatic rings. The molecule has 1 heterocycles. The Hall–Kier alpha value is -0.570. The van der Waals surface area contributed by atoms with Gasteiger partial charge in [0.15, 0.2) is 0 Å². The van der Waals surface area contributed by atoms with Crippen molar-refractivity contribution >= 4 is 15.9 Å². The molecule has 2 nitrogen and oxygen atoms in total. The van der Waals surface area contributed by atoms with Gasteiger partial charge in [-0.25, -0.2) is 0 Å². The lowest BCUT2D eigenvalue weighted by atomic mass is 10.1. The summed E-state index contributed by atoms with van der Waals surface area (Å²) in [6.07, 6.45) is 4.79. The molecule has 0 aliphatic carbocycles. The van der Waals surface area contributed by atoms with Gasteiger partial charge in [0.2, 0.25) is 0 Å². The molecule has 0 aliphatic heterocycles. The molecule has 0 amide bonds. The molecule has 0 saturated carbocycles. The molecule has 1 unspecified atom stereocenters. The van der Waals surface area contributed by atoms with Crippen LogP contribution in [-0.2, 0) is 0 Å². The van der Waals surface area contributed by atoms with Crippen LogP contribution in [-0.4, -0.2) is 11.1 Å². The van der Waals surface area contributed by atoms with Crippen molar-refractivity contribution in [3.8, 4) is 5.75 Å². The van der Waals surface area contributed by atoms with Gasteiger partial charge in [-0.05, 0) is 41.3 Å². The van der Waals surface area contributed by atoms with E-state index in [-0.39, 0.29) is 6.10 Å². The van der Waals surface area contributed by atoms with Crippen molar-refractivity contribution in [2.75, 3.05) is 0 Å². The smallest absolute Gasteiger partial charge is 0.139 e. The van der Waals surface area contributed by atoms with Crippen LogP contribution in [0.5, 0.6) is 5.75 Å². The molecule has 1 aromatic heterocycles. The van der Waals surface area contributed by atoms with E-state index in [0.717, 1.165) is 16.6 Å². The molecule has 0 spiro atoms. The number of hydrogen-bond donors (Lipinski definition) is 0. The van der Waals surface area contributed by atoms with Gasteiger partial charge in [-0.2, -0.15) is 0 Å². The van der Waals surface area contributed by atoms with E-state index in [1.165, 1.54) is 0 Å². The average Bonchev–Trinajstić information content (AvgIpc) is 2.01. The van der Waals surface area contributed by atoms with Gasteiger partial charge in [0.05, 0.1) is 12.3 Å². The summed E-state index contributed by atoms with van der Waals surface area (Å²) >= 11 is 3.36. The average molecular weight is 258 g/mol. The van der Waals surface area contributed by atoms with E-state index in [4.69, 9.17) is 4.74 Å². The quantitative estimate of drug-likeness (QED) is 0.822. The number of pyridine rings is 1. The number of hydrogen-bond acceptors (Lipinski definition) is 2. The number of ether oxygens (including phenoxy) is 1. The van der Waals surface area contributed by atoms with Gasteiger partial charge >= 0.3 is 0 Å². The van der Waals surface area contributed by atoms with Crippen LogP contribution < -0.4 is 4.74 Å². The highest BCUT2D eigenvalue weighted by molar-refractivity contribution is 9.10. The summed E-state index contributed by atoms with van der Waals surface area (Å²) < 4.78 is 6.66. The van der Waals surface area contributed by atoms with Crippen LogP contribution in [0, 0.1) is 5.92 Å². The largest absolute Gasteiger partial charge is 0.489 e. The minimum atomic E-state index is 0.242. The monoisotopic (exact) mass is 257 g/mol. The Kier molecular flexibility index (Phi) is 4.39. The third-order valence-corrected chi connectivity index (χ3v) is 2.25. The lowest BCUT2D eigenvalue weighted by Gasteiger charge is -2.16. The van der Waals surface area contributed by atoms with Gasteiger partial charge in [-0.15, -0.1) is 0 Å². The fraction of sp³-hybridized carbons (Fsp3) is 0.545. The third kappa shape index (κ3) is 4.09. The zero-order valence-electron chi connectivity index (χ0n) is 8.83. The molecule has 0 aliphatic rings. The van der Waals surface area contributed by atoms with Crippen molar-refractivity contribution in [2.24, 2.45) is 5.92 Å². The first-order valence-electron chi connectivity index (χ1n) is 4.85. The summed E-state index contributed by atoms with van der Waals surface area (Å²) in [6.45, 7) is 6.47. The second-order valence-electron chi connectivity index (χ2n) is 3.90. The normalized spacial score (nSPS) is 12.9. The van der Waals surface area contributed by atoms with Gasteiger partial charge in [-0.3, -0.25) is 4.98 Å². The topological polar surface area (TPSA) is 22.1 Å². The molecule has 0 aromatic carbocycles. The summed E-state index contributed by atoms with van der Waals surface area (Å²) in [6, 6.07) is 1.93. The van der Waals surface area contributed by atoms with Crippen LogP contribution in [0.2, 0.25) is 0 Å². The second kappa shape index (κ2) is 5.35. The maximum atomic E-state index is 5.71. The maximum Gasteiger partial charge on any atom is 0.139 e. The van der Waals surface area contributed by atoms with E-state index >= 15 is 0 Å². The van der Waals surface area contributed by atoms with Crippen molar-refractivity contribution in [3.05, 3.63) is 22.9 Å². The van der Waals surface area contributed by atoms with Gasteiger partial charge in [0.25, 0.3) is 0 Å². The van der Waals surface area contributed by atoms with Crippen molar-refractivity contribution in [1.82, 2.24) is 4.98 Å². The van der Waals surface area contributed by atoms with Crippen LogP contribution in [0.15, 0.2) is 22.9 Å². The molecule has 1 rings (SSSR count). The first-order chi connectivity index (χ1) is 6.58. The van der Waals surface area contributed by atoms with E-state index in [2.05, 4.69) is 41.7 Å². The molecule has 0 N–H and O–H groups in total. The molecule has 14 heavy (non-hydrogen) atoms. The first kappa shape index (κ1) is 11.5. The Morgan fingerprint density at radius 2 is 2.07 bits per heavy atom. The lowest BCUT2D eigenvalue weighted by molar-refractivity contribution is 0.192. The van der Waals surface area contributed by atoms with E-state index in [1.807, 2.05) is 6.07 Å². The molecular formula is C11H16BrNO. The van der Waals surface area contributed by atoms with Gasteiger partial charge in [0.1, 0.15) is 5.75 Å². The maximum absolute atomic E-state index is 5.71. The van der Waals surface area contributed by atoms with Crippen molar-refractivity contribution in [1.29, 1.82) is 0 Å².